The molecular weight excluding hydrogens is 654 g/mol. The van der Waals surface area contributed by atoms with Gasteiger partial charge in [-0.3, -0.25) is 9.59 Å². The Hall–Kier alpha value is -3.33. The van der Waals surface area contributed by atoms with Gasteiger partial charge >= 0.3 is 0 Å². The molecule has 0 radical (unpaired) electrons. The third-order valence-electron chi connectivity index (χ3n) is 5.57. The molecule has 0 saturated heterocycles. The minimum Gasteiger partial charge on any atom is -0.493 e. The SMILES string of the molecule is COc1cc(/C=N/NC(=O)C(NC(=O)c2ccc(Cl)c(Cl)c2)C(C)C)cc(I)c1OCc1ccccc1C#N. The van der Waals surface area contributed by atoms with Crippen LogP contribution in [0.5, 0.6) is 11.5 Å². The van der Waals surface area contributed by atoms with Crippen molar-refractivity contribution in [2.24, 2.45) is 11.0 Å². The van der Waals surface area contributed by atoms with Crippen LogP contribution in [0.4, 0.5) is 0 Å². The molecule has 1 unspecified atom stereocenters. The zero-order chi connectivity index (χ0) is 28.5. The largest absolute Gasteiger partial charge is 0.493 e. The lowest BCUT2D eigenvalue weighted by Crippen LogP contribution is -2.48. The summed E-state index contributed by atoms with van der Waals surface area (Å²) >= 11 is 14.0. The van der Waals surface area contributed by atoms with Crippen molar-refractivity contribution in [3.05, 3.63) is 90.5 Å². The van der Waals surface area contributed by atoms with Gasteiger partial charge in [0, 0.05) is 11.1 Å². The molecule has 1 atom stereocenters. The van der Waals surface area contributed by atoms with Gasteiger partial charge in [-0.2, -0.15) is 10.4 Å². The molecule has 2 amide bonds. The number of nitrogens with zero attached hydrogens (tertiary/aromatic N) is 2. The van der Waals surface area contributed by atoms with Crippen LogP contribution in [0.2, 0.25) is 10.0 Å². The van der Waals surface area contributed by atoms with E-state index < -0.39 is 17.9 Å². The number of rotatable bonds is 10. The van der Waals surface area contributed by atoms with Gasteiger partial charge in [0.05, 0.1) is 38.6 Å². The molecule has 3 aromatic carbocycles. The zero-order valence-electron chi connectivity index (χ0n) is 21.3. The van der Waals surface area contributed by atoms with Crippen LogP contribution in [-0.2, 0) is 11.4 Å². The Morgan fingerprint density at radius 2 is 1.87 bits per heavy atom. The number of nitriles is 1. The second-order valence-electron chi connectivity index (χ2n) is 8.65. The topological polar surface area (TPSA) is 113 Å². The first-order valence-electron chi connectivity index (χ1n) is 11.7. The second kappa shape index (κ2) is 14.2. The van der Waals surface area contributed by atoms with E-state index in [1.165, 1.54) is 31.5 Å². The van der Waals surface area contributed by atoms with Crippen molar-refractivity contribution in [1.82, 2.24) is 10.7 Å². The van der Waals surface area contributed by atoms with E-state index in [-0.39, 0.29) is 23.1 Å². The molecular formula is C28H25Cl2IN4O4. The number of carbonyl (C=O) groups excluding carboxylic acids is 2. The van der Waals surface area contributed by atoms with Crippen LogP contribution in [0.3, 0.4) is 0 Å². The third-order valence-corrected chi connectivity index (χ3v) is 7.11. The van der Waals surface area contributed by atoms with E-state index in [0.29, 0.717) is 27.6 Å². The van der Waals surface area contributed by atoms with Gasteiger partial charge in [0.1, 0.15) is 12.6 Å². The smallest absolute Gasteiger partial charge is 0.262 e. The molecule has 8 nitrogen and oxygen atoms in total. The molecule has 202 valence electrons. The monoisotopic (exact) mass is 678 g/mol. The first kappa shape index (κ1) is 30.2. The highest BCUT2D eigenvalue weighted by Crippen LogP contribution is 2.34. The highest BCUT2D eigenvalue weighted by Gasteiger charge is 2.25. The lowest BCUT2D eigenvalue weighted by Gasteiger charge is -2.20. The fourth-order valence-corrected chi connectivity index (χ4v) is 4.58. The Labute approximate surface area is 250 Å². The summed E-state index contributed by atoms with van der Waals surface area (Å²) in [5.41, 5.74) is 4.72. The molecule has 0 aliphatic carbocycles. The molecule has 0 fully saturated rings. The van der Waals surface area contributed by atoms with Crippen molar-refractivity contribution in [3.8, 4) is 17.6 Å². The van der Waals surface area contributed by atoms with E-state index in [1.807, 2.05) is 32.0 Å². The summed E-state index contributed by atoms with van der Waals surface area (Å²) in [6.07, 6.45) is 1.47. The number of methoxy groups -OCH3 is 1. The molecule has 0 aliphatic rings. The van der Waals surface area contributed by atoms with E-state index in [4.69, 9.17) is 32.7 Å². The van der Waals surface area contributed by atoms with Crippen molar-refractivity contribution in [2.45, 2.75) is 26.5 Å². The minimum atomic E-state index is -0.842. The van der Waals surface area contributed by atoms with Crippen molar-refractivity contribution in [2.75, 3.05) is 7.11 Å². The summed E-state index contributed by atoms with van der Waals surface area (Å²) in [6.45, 7) is 3.82. The van der Waals surface area contributed by atoms with Crippen LogP contribution in [0.15, 0.2) is 59.7 Å². The van der Waals surface area contributed by atoms with Crippen LogP contribution in [0, 0.1) is 20.8 Å². The van der Waals surface area contributed by atoms with E-state index in [2.05, 4.69) is 44.5 Å². The summed E-state index contributed by atoms with van der Waals surface area (Å²) in [4.78, 5) is 25.5. The fraction of sp³-hybridized carbons (Fsp3) is 0.214. The summed E-state index contributed by atoms with van der Waals surface area (Å²) in [5.74, 6) is -0.156. The molecule has 3 rings (SSSR count). The molecule has 0 aliphatic heterocycles. The Morgan fingerprint density at radius 3 is 2.54 bits per heavy atom. The van der Waals surface area contributed by atoms with Gasteiger partial charge in [0.25, 0.3) is 11.8 Å². The highest BCUT2D eigenvalue weighted by molar-refractivity contribution is 14.1. The number of hydrogen-bond donors (Lipinski definition) is 2. The molecule has 11 heteroatoms. The maximum absolute atomic E-state index is 12.8. The minimum absolute atomic E-state index is 0.199. The molecule has 39 heavy (non-hydrogen) atoms. The van der Waals surface area contributed by atoms with Crippen LogP contribution in [0.25, 0.3) is 0 Å². The Bertz CT molecular complexity index is 1440. The van der Waals surface area contributed by atoms with Gasteiger partial charge in [0.2, 0.25) is 0 Å². The molecule has 0 spiro atoms. The van der Waals surface area contributed by atoms with E-state index in [1.54, 1.807) is 18.2 Å². The average Bonchev–Trinajstić information content (AvgIpc) is 2.92. The lowest BCUT2D eigenvalue weighted by molar-refractivity contribution is -0.123. The van der Waals surface area contributed by atoms with E-state index in [9.17, 15) is 14.9 Å². The first-order chi connectivity index (χ1) is 18.6. The second-order valence-corrected chi connectivity index (χ2v) is 10.6. The number of benzene rings is 3. The zero-order valence-corrected chi connectivity index (χ0v) is 25.0. The summed E-state index contributed by atoms with van der Waals surface area (Å²) < 4.78 is 12.2. The molecule has 2 N–H and O–H groups in total. The molecule has 0 heterocycles. The van der Waals surface area contributed by atoms with Crippen LogP contribution < -0.4 is 20.2 Å². The van der Waals surface area contributed by atoms with Gasteiger partial charge in [-0.1, -0.05) is 55.2 Å². The molecule has 0 saturated carbocycles. The van der Waals surface area contributed by atoms with Crippen molar-refractivity contribution in [3.63, 3.8) is 0 Å². The number of nitrogens with one attached hydrogen (secondary N) is 2. The predicted molar refractivity (Wildman–Crippen MR) is 159 cm³/mol. The molecule has 0 bridgehead atoms. The Morgan fingerprint density at radius 1 is 1.13 bits per heavy atom. The number of carbonyl (C=O) groups is 2. The standard InChI is InChI=1S/C28H25Cl2IN4O4/c1-16(2)25(34-27(36)18-8-9-21(29)22(30)12-18)28(37)35-33-14-17-10-23(31)26(24(11-17)38-3)39-15-20-7-5-4-6-19(20)13-32/h4-12,14,16,25H,15H2,1-3H3,(H,34,36)(H,35,37)/b33-14+. The summed E-state index contributed by atoms with van der Waals surface area (Å²) in [6, 6.07) is 16.5. The van der Waals surface area contributed by atoms with Gasteiger partial charge in [0.15, 0.2) is 11.5 Å². The summed E-state index contributed by atoms with van der Waals surface area (Å²) in [7, 11) is 1.52. The first-order valence-corrected chi connectivity index (χ1v) is 13.5. The molecule has 0 aromatic heterocycles. The maximum atomic E-state index is 12.8. The number of ether oxygens (including phenoxy) is 2. The van der Waals surface area contributed by atoms with Gasteiger partial charge in [-0.15, -0.1) is 0 Å². The maximum Gasteiger partial charge on any atom is 0.262 e. The fourth-order valence-electron chi connectivity index (χ4n) is 3.50. The van der Waals surface area contributed by atoms with E-state index in [0.717, 1.165) is 9.13 Å². The van der Waals surface area contributed by atoms with Gasteiger partial charge in [-0.25, -0.2) is 5.43 Å². The summed E-state index contributed by atoms with van der Waals surface area (Å²) in [5, 5.41) is 16.7. The third kappa shape index (κ3) is 8.08. The van der Waals surface area contributed by atoms with E-state index >= 15 is 0 Å². The number of hydrogen-bond acceptors (Lipinski definition) is 6. The quantitative estimate of drug-likeness (QED) is 0.156. The van der Waals surface area contributed by atoms with Crippen LogP contribution in [0.1, 0.15) is 40.9 Å². The normalized spacial score (nSPS) is 11.6. The predicted octanol–water partition coefficient (Wildman–Crippen LogP) is 5.96. The molecule has 3 aromatic rings. The number of hydrazone groups is 1. The van der Waals surface area contributed by atoms with Gasteiger partial charge < -0.3 is 14.8 Å². The number of amides is 2. The average molecular weight is 679 g/mol. The Kier molecular flexibility index (Phi) is 11.0. The van der Waals surface area contributed by atoms with Crippen LogP contribution >= 0.6 is 45.8 Å². The van der Waals surface area contributed by atoms with Crippen molar-refractivity contribution in [1.29, 1.82) is 5.26 Å². The number of halogens is 3. The Balaban J connectivity index is 1.68. The van der Waals surface area contributed by atoms with Crippen LogP contribution in [-0.4, -0.2) is 31.2 Å². The van der Waals surface area contributed by atoms with Gasteiger partial charge in [-0.05, 0) is 70.5 Å². The highest BCUT2D eigenvalue weighted by atomic mass is 127. The van der Waals surface area contributed by atoms with Crippen molar-refractivity contribution >= 4 is 63.8 Å². The van der Waals surface area contributed by atoms with Crippen molar-refractivity contribution < 1.29 is 19.1 Å². The lowest BCUT2D eigenvalue weighted by atomic mass is 10.0.